The van der Waals surface area contributed by atoms with Crippen LogP contribution in [0.1, 0.15) is 31.2 Å². The molecule has 0 saturated heterocycles. The fourth-order valence-electron chi connectivity index (χ4n) is 2.19. The third-order valence-corrected chi connectivity index (χ3v) is 3.70. The summed E-state index contributed by atoms with van der Waals surface area (Å²) in [7, 11) is 0. The van der Waals surface area contributed by atoms with Gasteiger partial charge < -0.3 is 5.11 Å². The van der Waals surface area contributed by atoms with Gasteiger partial charge in [0.25, 0.3) is 0 Å². The van der Waals surface area contributed by atoms with Gasteiger partial charge in [-0.25, -0.2) is 0 Å². The van der Waals surface area contributed by atoms with Crippen LogP contribution in [0.25, 0.3) is 0 Å². The summed E-state index contributed by atoms with van der Waals surface area (Å²) in [6, 6.07) is 8.46. The fourth-order valence-corrected chi connectivity index (χ4v) is 2.55. The zero-order valence-electron chi connectivity index (χ0n) is 8.17. The van der Waals surface area contributed by atoms with Gasteiger partial charge in [0.2, 0.25) is 0 Å². The van der Waals surface area contributed by atoms with Crippen molar-refractivity contribution >= 4 is 22.6 Å². The van der Waals surface area contributed by atoms with Gasteiger partial charge in [0.05, 0.1) is 5.60 Å². The Labute approximate surface area is 98.7 Å². The first-order chi connectivity index (χ1) is 6.68. The highest BCUT2D eigenvalue weighted by Crippen LogP contribution is 2.32. The molecule has 1 aliphatic rings. The van der Waals surface area contributed by atoms with Crippen molar-refractivity contribution in [2.45, 2.75) is 37.7 Å². The molecule has 1 fully saturated rings. The average molecular weight is 302 g/mol. The molecule has 0 aliphatic heterocycles. The van der Waals surface area contributed by atoms with Gasteiger partial charge in [-0.2, -0.15) is 0 Å². The molecule has 0 heterocycles. The molecule has 1 N–H and O–H groups in total. The molecular formula is C12H15IO. The smallest absolute Gasteiger partial charge is 0.0688 e. The molecule has 1 saturated carbocycles. The molecule has 76 valence electrons. The van der Waals surface area contributed by atoms with E-state index >= 15 is 0 Å². The van der Waals surface area contributed by atoms with Crippen molar-refractivity contribution in [3.8, 4) is 0 Å². The van der Waals surface area contributed by atoms with Crippen LogP contribution in [-0.2, 0) is 6.42 Å². The summed E-state index contributed by atoms with van der Waals surface area (Å²) in [5.74, 6) is 0. The van der Waals surface area contributed by atoms with Crippen molar-refractivity contribution in [2.75, 3.05) is 0 Å². The molecule has 1 aromatic carbocycles. The number of hydrogen-bond acceptors (Lipinski definition) is 1. The Morgan fingerprint density at radius 3 is 2.29 bits per heavy atom. The Morgan fingerprint density at radius 2 is 1.71 bits per heavy atom. The minimum Gasteiger partial charge on any atom is -0.390 e. The maximum absolute atomic E-state index is 10.2. The zero-order chi connectivity index (χ0) is 10.0. The topological polar surface area (TPSA) is 20.2 Å². The summed E-state index contributed by atoms with van der Waals surface area (Å²) in [5, 5.41) is 10.2. The highest BCUT2D eigenvalue weighted by Gasteiger charge is 2.30. The van der Waals surface area contributed by atoms with Crippen LogP contribution in [0.5, 0.6) is 0 Å². The Bertz CT molecular complexity index is 299. The molecule has 0 atom stereocenters. The van der Waals surface area contributed by atoms with Gasteiger partial charge in [0.15, 0.2) is 0 Å². The number of halogens is 1. The van der Waals surface area contributed by atoms with Crippen LogP contribution < -0.4 is 0 Å². The molecule has 0 bridgehead atoms. The van der Waals surface area contributed by atoms with E-state index in [0.717, 1.165) is 19.3 Å². The van der Waals surface area contributed by atoms with Gasteiger partial charge in [-0.3, -0.25) is 0 Å². The summed E-state index contributed by atoms with van der Waals surface area (Å²) in [5.41, 5.74) is 0.849. The summed E-state index contributed by atoms with van der Waals surface area (Å²) in [4.78, 5) is 0. The van der Waals surface area contributed by atoms with E-state index in [4.69, 9.17) is 0 Å². The average Bonchev–Trinajstić information content (AvgIpc) is 2.57. The predicted octanol–water partition coefficient (Wildman–Crippen LogP) is 3.14. The van der Waals surface area contributed by atoms with Gasteiger partial charge >= 0.3 is 0 Å². The number of benzene rings is 1. The van der Waals surface area contributed by atoms with E-state index in [-0.39, 0.29) is 0 Å². The van der Waals surface area contributed by atoms with E-state index in [9.17, 15) is 5.11 Å². The standard InChI is InChI=1S/C12H15IO/c13-11-5-3-10(4-6-11)9-12(14)7-1-2-8-12/h3-6,14H,1-2,7-9H2. The highest BCUT2D eigenvalue weighted by molar-refractivity contribution is 14.1. The molecule has 0 unspecified atom stereocenters. The first kappa shape index (κ1) is 10.4. The van der Waals surface area contributed by atoms with Crippen LogP contribution in [0.15, 0.2) is 24.3 Å². The van der Waals surface area contributed by atoms with E-state index in [2.05, 4.69) is 46.9 Å². The summed E-state index contributed by atoms with van der Waals surface area (Å²) in [6.07, 6.45) is 5.13. The van der Waals surface area contributed by atoms with Gasteiger partial charge in [-0.15, -0.1) is 0 Å². The van der Waals surface area contributed by atoms with Crippen LogP contribution >= 0.6 is 22.6 Å². The van der Waals surface area contributed by atoms with Crippen LogP contribution in [0, 0.1) is 3.57 Å². The quantitative estimate of drug-likeness (QED) is 0.832. The van der Waals surface area contributed by atoms with Crippen molar-refractivity contribution in [1.29, 1.82) is 0 Å². The molecular weight excluding hydrogens is 287 g/mol. The second-order valence-corrected chi connectivity index (χ2v) is 5.48. The SMILES string of the molecule is OC1(Cc2ccc(I)cc2)CCCC1. The van der Waals surface area contributed by atoms with E-state index in [1.54, 1.807) is 0 Å². The number of rotatable bonds is 2. The van der Waals surface area contributed by atoms with Crippen molar-refractivity contribution in [3.05, 3.63) is 33.4 Å². The lowest BCUT2D eigenvalue weighted by Crippen LogP contribution is -2.26. The number of hydrogen-bond donors (Lipinski definition) is 1. The molecule has 1 aliphatic carbocycles. The lowest BCUT2D eigenvalue weighted by Gasteiger charge is -2.21. The van der Waals surface area contributed by atoms with Crippen LogP contribution in [-0.4, -0.2) is 10.7 Å². The van der Waals surface area contributed by atoms with E-state index in [0.29, 0.717) is 0 Å². The largest absolute Gasteiger partial charge is 0.390 e. The van der Waals surface area contributed by atoms with Crippen LogP contribution in [0.4, 0.5) is 0 Å². The van der Waals surface area contributed by atoms with Crippen molar-refractivity contribution in [2.24, 2.45) is 0 Å². The first-order valence-electron chi connectivity index (χ1n) is 5.15. The second-order valence-electron chi connectivity index (χ2n) is 4.23. The molecule has 1 aromatic rings. The molecule has 2 rings (SSSR count). The Kier molecular flexibility index (Phi) is 3.12. The lowest BCUT2D eigenvalue weighted by atomic mass is 9.93. The molecule has 1 nitrogen and oxygen atoms in total. The third-order valence-electron chi connectivity index (χ3n) is 2.98. The molecule has 0 aromatic heterocycles. The summed E-state index contributed by atoms with van der Waals surface area (Å²) < 4.78 is 1.25. The Morgan fingerprint density at radius 1 is 1.14 bits per heavy atom. The van der Waals surface area contributed by atoms with Crippen LogP contribution in [0.2, 0.25) is 0 Å². The minimum atomic E-state index is -0.410. The molecule has 2 heteroatoms. The first-order valence-corrected chi connectivity index (χ1v) is 6.23. The molecule has 14 heavy (non-hydrogen) atoms. The monoisotopic (exact) mass is 302 g/mol. The minimum absolute atomic E-state index is 0.410. The van der Waals surface area contributed by atoms with Gasteiger partial charge in [-0.05, 0) is 53.1 Å². The molecule has 0 radical (unpaired) electrons. The zero-order valence-corrected chi connectivity index (χ0v) is 10.3. The summed E-state index contributed by atoms with van der Waals surface area (Å²) in [6.45, 7) is 0. The van der Waals surface area contributed by atoms with E-state index in [1.807, 2.05) is 0 Å². The Hall–Kier alpha value is -0.0900. The van der Waals surface area contributed by atoms with Crippen molar-refractivity contribution < 1.29 is 5.11 Å². The van der Waals surface area contributed by atoms with E-state index < -0.39 is 5.60 Å². The van der Waals surface area contributed by atoms with Crippen LogP contribution in [0.3, 0.4) is 0 Å². The second kappa shape index (κ2) is 4.19. The third kappa shape index (κ3) is 2.48. The lowest BCUT2D eigenvalue weighted by molar-refractivity contribution is 0.0482. The predicted molar refractivity (Wildman–Crippen MR) is 66.3 cm³/mol. The number of aliphatic hydroxyl groups is 1. The highest BCUT2D eigenvalue weighted by atomic mass is 127. The van der Waals surface area contributed by atoms with Gasteiger partial charge in [0.1, 0.15) is 0 Å². The normalized spacial score (nSPS) is 19.9. The van der Waals surface area contributed by atoms with Gasteiger partial charge in [-0.1, -0.05) is 25.0 Å². The molecule has 0 spiro atoms. The fraction of sp³-hybridized carbons (Fsp3) is 0.500. The maximum Gasteiger partial charge on any atom is 0.0688 e. The van der Waals surface area contributed by atoms with Crippen molar-refractivity contribution in [3.63, 3.8) is 0 Å². The van der Waals surface area contributed by atoms with Crippen molar-refractivity contribution in [1.82, 2.24) is 0 Å². The van der Waals surface area contributed by atoms with E-state index in [1.165, 1.54) is 22.0 Å². The summed E-state index contributed by atoms with van der Waals surface area (Å²) >= 11 is 2.30. The van der Waals surface area contributed by atoms with Gasteiger partial charge in [0, 0.05) is 9.99 Å². The molecule has 0 amide bonds. The maximum atomic E-state index is 10.2. The Balaban J connectivity index is 2.06.